The molecule has 0 radical (unpaired) electrons. The van der Waals surface area contributed by atoms with Crippen LogP contribution in [0.15, 0.2) is 29.6 Å². The predicted octanol–water partition coefficient (Wildman–Crippen LogP) is 3.40. The van der Waals surface area contributed by atoms with Gasteiger partial charge in [-0.3, -0.25) is 4.79 Å². The lowest BCUT2D eigenvalue weighted by molar-refractivity contribution is -0.137. The number of carbonyl (C=O) groups excluding carboxylic acids is 1. The molecule has 3 N–H and O–H groups in total. The maximum atomic E-state index is 12.5. The Morgan fingerprint density at radius 2 is 1.96 bits per heavy atom. The van der Waals surface area contributed by atoms with E-state index in [1.54, 1.807) is 12.3 Å². The first-order valence-electron chi connectivity index (χ1n) is 6.91. The second-order valence-electron chi connectivity index (χ2n) is 5.10. The van der Waals surface area contributed by atoms with Crippen LogP contribution in [0.3, 0.4) is 0 Å². The topological polar surface area (TPSA) is 68.0 Å². The third kappa shape index (κ3) is 5.47. The molecule has 2 aromatic rings. The SMILES string of the molecule is CC(Cc1ccc(C(F)(F)F)cc1)NC(=O)c1csc(CN)n1.Cl. The van der Waals surface area contributed by atoms with Gasteiger partial charge in [0.1, 0.15) is 10.7 Å². The van der Waals surface area contributed by atoms with Crippen molar-refractivity contribution in [1.29, 1.82) is 0 Å². The first kappa shape index (κ1) is 20.4. The van der Waals surface area contributed by atoms with Gasteiger partial charge in [-0.15, -0.1) is 23.7 Å². The van der Waals surface area contributed by atoms with Gasteiger partial charge in [-0.25, -0.2) is 4.98 Å². The van der Waals surface area contributed by atoms with Crippen LogP contribution < -0.4 is 11.1 Å². The van der Waals surface area contributed by atoms with Crippen molar-refractivity contribution in [2.75, 3.05) is 0 Å². The minimum absolute atomic E-state index is 0. The fraction of sp³-hybridized carbons (Fsp3) is 0.333. The van der Waals surface area contributed by atoms with Crippen LogP contribution in [0, 0.1) is 0 Å². The van der Waals surface area contributed by atoms with Crippen molar-refractivity contribution < 1.29 is 18.0 Å². The van der Waals surface area contributed by atoms with E-state index < -0.39 is 11.7 Å². The van der Waals surface area contributed by atoms with Gasteiger partial charge in [0, 0.05) is 18.0 Å². The van der Waals surface area contributed by atoms with Crippen LogP contribution in [0.2, 0.25) is 0 Å². The first-order valence-corrected chi connectivity index (χ1v) is 7.79. The molecule has 1 atom stereocenters. The molecular weight excluding hydrogens is 363 g/mol. The molecule has 4 nitrogen and oxygen atoms in total. The molecule has 0 aliphatic carbocycles. The van der Waals surface area contributed by atoms with E-state index >= 15 is 0 Å². The molecule has 0 fully saturated rings. The quantitative estimate of drug-likeness (QED) is 0.836. The maximum Gasteiger partial charge on any atom is 0.416 e. The average Bonchev–Trinajstić information content (AvgIpc) is 2.95. The third-order valence-electron chi connectivity index (χ3n) is 3.16. The number of amides is 1. The Balaban J connectivity index is 0.00000288. The number of thiazole rings is 1. The van der Waals surface area contributed by atoms with Crippen molar-refractivity contribution in [2.24, 2.45) is 5.73 Å². The zero-order valence-corrected chi connectivity index (χ0v) is 14.4. The summed E-state index contributed by atoms with van der Waals surface area (Å²) in [5, 5.41) is 5.07. The number of halogens is 4. The van der Waals surface area contributed by atoms with E-state index in [1.807, 2.05) is 0 Å². The zero-order chi connectivity index (χ0) is 17.0. The van der Waals surface area contributed by atoms with Crippen LogP contribution in [0.1, 0.15) is 33.5 Å². The Morgan fingerprint density at radius 1 is 1.33 bits per heavy atom. The lowest BCUT2D eigenvalue weighted by atomic mass is 10.0. The van der Waals surface area contributed by atoms with Crippen LogP contribution in [0.25, 0.3) is 0 Å². The number of aromatic nitrogens is 1. The summed E-state index contributed by atoms with van der Waals surface area (Å²) in [5.74, 6) is -0.319. The summed E-state index contributed by atoms with van der Waals surface area (Å²) in [5.41, 5.74) is 5.78. The highest BCUT2D eigenvalue weighted by Crippen LogP contribution is 2.29. The molecule has 0 saturated carbocycles. The summed E-state index contributed by atoms with van der Waals surface area (Å²) in [7, 11) is 0. The first-order chi connectivity index (χ1) is 10.8. The molecule has 0 bridgehead atoms. The van der Waals surface area contributed by atoms with Gasteiger partial charge in [0.2, 0.25) is 0 Å². The Bertz CT molecular complexity index is 673. The Kier molecular flexibility index (Phi) is 7.19. The Morgan fingerprint density at radius 3 is 2.46 bits per heavy atom. The van der Waals surface area contributed by atoms with Crippen molar-refractivity contribution in [1.82, 2.24) is 10.3 Å². The molecule has 24 heavy (non-hydrogen) atoms. The third-order valence-corrected chi connectivity index (χ3v) is 4.03. The van der Waals surface area contributed by atoms with Gasteiger partial charge in [-0.05, 0) is 31.0 Å². The molecule has 132 valence electrons. The van der Waals surface area contributed by atoms with Gasteiger partial charge in [-0.1, -0.05) is 12.1 Å². The van der Waals surface area contributed by atoms with Crippen molar-refractivity contribution in [3.63, 3.8) is 0 Å². The molecule has 1 unspecified atom stereocenters. The smallest absolute Gasteiger partial charge is 0.348 e. The summed E-state index contributed by atoms with van der Waals surface area (Å²) in [4.78, 5) is 16.1. The number of hydrogen-bond acceptors (Lipinski definition) is 4. The van der Waals surface area contributed by atoms with Crippen LogP contribution >= 0.6 is 23.7 Å². The van der Waals surface area contributed by atoms with Crippen LogP contribution in [-0.2, 0) is 19.1 Å². The van der Waals surface area contributed by atoms with E-state index in [2.05, 4.69) is 10.3 Å². The lowest BCUT2D eigenvalue weighted by Gasteiger charge is -2.14. The molecule has 0 aliphatic heterocycles. The molecule has 1 aromatic carbocycles. The number of nitrogens with zero attached hydrogens (tertiary/aromatic N) is 1. The number of nitrogens with two attached hydrogens (primary N) is 1. The highest BCUT2D eigenvalue weighted by Gasteiger charge is 2.29. The molecule has 9 heteroatoms. The fourth-order valence-electron chi connectivity index (χ4n) is 2.04. The maximum absolute atomic E-state index is 12.5. The van der Waals surface area contributed by atoms with Crippen molar-refractivity contribution in [3.8, 4) is 0 Å². The van der Waals surface area contributed by atoms with Crippen LogP contribution in [0.5, 0.6) is 0 Å². The molecule has 1 heterocycles. The molecule has 1 aromatic heterocycles. The van der Waals surface area contributed by atoms with E-state index in [4.69, 9.17) is 5.73 Å². The largest absolute Gasteiger partial charge is 0.416 e. The normalized spacial score (nSPS) is 12.4. The summed E-state index contributed by atoms with van der Waals surface area (Å²) < 4.78 is 37.5. The van der Waals surface area contributed by atoms with Gasteiger partial charge < -0.3 is 11.1 Å². The highest BCUT2D eigenvalue weighted by molar-refractivity contribution is 7.09. The average molecular weight is 380 g/mol. The van der Waals surface area contributed by atoms with E-state index in [0.717, 1.165) is 12.1 Å². The number of carbonyl (C=O) groups is 1. The van der Waals surface area contributed by atoms with Gasteiger partial charge >= 0.3 is 6.18 Å². The van der Waals surface area contributed by atoms with E-state index in [-0.39, 0.29) is 30.9 Å². The van der Waals surface area contributed by atoms with Crippen molar-refractivity contribution >= 4 is 29.7 Å². The predicted molar refractivity (Wildman–Crippen MR) is 89.3 cm³/mol. The summed E-state index contributed by atoms with van der Waals surface area (Å²) in [6, 6.07) is 4.68. The zero-order valence-electron chi connectivity index (χ0n) is 12.8. The number of hydrogen-bond donors (Lipinski definition) is 2. The van der Waals surface area contributed by atoms with Gasteiger partial charge in [0.15, 0.2) is 0 Å². The van der Waals surface area contributed by atoms with Crippen LogP contribution in [0.4, 0.5) is 13.2 Å². The fourth-order valence-corrected chi connectivity index (χ4v) is 2.70. The molecule has 0 spiro atoms. The van der Waals surface area contributed by atoms with E-state index in [9.17, 15) is 18.0 Å². The molecule has 0 saturated heterocycles. The van der Waals surface area contributed by atoms with E-state index in [1.165, 1.54) is 23.5 Å². The van der Waals surface area contributed by atoms with Crippen molar-refractivity contribution in [2.45, 2.75) is 32.1 Å². The summed E-state index contributed by atoms with van der Waals surface area (Å²) in [6.07, 6.45) is -3.92. The molecule has 1 amide bonds. The van der Waals surface area contributed by atoms with Gasteiger partial charge in [0.05, 0.1) is 5.56 Å². The summed E-state index contributed by atoms with van der Waals surface area (Å²) in [6.45, 7) is 2.06. The second-order valence-corrected chi connectivity index (χ2v) is 6.05. The standard InChI is InChI=1S/C15H16F3N3OS.ClH/c1-9(20-14(22)12-8-23-13(7-19)21-12)6-10-2-4-11(5-3-10)15(16,17)18;/h2-5,8-9H,6-7,19H2,1H3,(H,20,22);1H. The number of nitrogens with one attached hydrogen (secondary N) is 1. The number of rotatable bonds is 5. The summed E-state index contributed by atoms with van der Waals surface area (Å²) >= 11 is 1.31. The van der Waals surface area contributed by atoms with Crippen LogP contribution in [-0.4, -0.2) is 16.9 Å². The Hall–Kier alpha value is -1.64. The minimum Gasteiger partial charge on any atom is -0.348 e. The van der Waals surface area contributed by atoms with E-state index in [0.29, 0.717) is 22.7 Å². The monoisotopic (exact) mass is 379 g/mol. The Labute approximate surface area is 147 Å². The number of alkyl halides is 3. The lowest BCUT2D eigenvalue weighted by Crippen LogP contribution is -2.34. The highest BCUT2D eigenvalue weighted by atomic mass is 35.5. The molecule has 0 aliphatic rings. The second kappa shape index (κ2) is 8.46. The van der Waals surface area contributed by atoms with Crippen molar-refractivity contribution in [3.05, 3.63) is 51.5 Å². The van der Waals surface area contributed by atoms with Gasteiger partial charge in [0.25, 0.3) is 5.91 Å². The minimum atomic E-state index is -4.34. The van der Waals surface area contributed by atoms with Gasteiger partial charge in [-0.2, -0.15) is 13.2 Å². The number of benzene rings is 1. The molecular formula is C15H17ClF3N3OS. The molecule has 2 rings (SSSR count).